The lowest BCUT2D eigenvalue weighted by atomic mass is 9.95. The lowest BCUT2D eigenvalue weighted by Crippen LogP contribution is -2.07. The van der Waals surface area contributed by atoms with Gasteiger partial charge in [-0.1, -0.05) is 30.7 Å². The van der Waals surface area contributed by atoms with Crippen LogP contribution in [-0.4, -0.2) is 6.54 Å². The number of hydrogen-bond donors (Lipinski definition) is 1. The normalized spacial score (nSPS) is 12.8. The molecule has 0 radical (unpaired) electrons. The number of aryl methyl sites for hydroxylation is 3. The van der Waals surface area contributed by atoms with Crippen molar-refractivity contribution in [2.75, 3.05) is 6.54 Å². The van der Waals surface area contributed by atoms with Gasteiger partial charge in [0.05, 0.1) is 0 Å². The van der Waals surface area contributed by atoms with Gasteiger partial charge in [0.1, 0.15) is 0 Å². The van der Waals surface area contributed by atoms with Gasteiger partial charge in [0, 0.05) is 0 Å². The molecular formula is C14H23N. The van der Waals surface area contributed by atoms with Gasteiger partial charge in [-0.15, -0.1) is 0 Å². The van der Waals surface area contributed by atoms with E-state index in [2.05, 4.69) is 39.0 Å². The van der Waals surface area contributed by atoms with Crippen molar-refractivity contribution in [1.82, 2.24) is 0 Å². The fourth-order valence-electron chi connectivity index (χ4n) is 1.90. The minimum absolute atomic E-state index is 0.745. The van der Waals surface area contributed by atoms with E-state index < -0.39 is 0 Å². The van der Waals surface area contributed by atoms with Crippen LogP contribution in [0.15, 0.2) is 18.2 Å². The first kappa shape index (κ1) is 12.3. The van der Waals surface area contributed by atoms with Crippen LogP contribution in [0, 0.1) is 19.8 Å². The second-order valence-corrected chi connectivity index (χ2v) is 4.65. The van der Waals surface area contributed by atoms with Crippen LogP contribution in [0.3, 0.4) is 0 Å². The molecule has 0 aliphatic rings. The molecule has 0 spiro atoms. The van der Waals surface area contributed by atoms with E-state index in [0.717, 1.165) is 18.9 Å². The quantitative estimate of drug-likeness (QED) is 0.784. The van der Waals surface area contributed by atoms with Crippen molar-refractivity contribution in [1.29, 1.82) is 0 Å². The molecule has 0 saturated heterocycles. The van der Waals surface area contributed by atoms with E-state index in [1.807, 2.05) is 0 Å². The molecule has 1 heteroatoms. The molecule has 1 aromatic carbocycles. The van der Waals surface area contributed by atoms with Crippen molar-refractivity contribution in [3.05, 3.63) is 34.9 Å². The van der Waals surface area contributed by atoms with E-state index in [4.69, 9.17) is 5.73 Å². The third-order valence-electron chi connectivity index (χ3n) is 3.07. The van der Waals surface area contributed by atoms with Crippen molar-refractivity contribution in [2.45, 2.75) is 40.0 Å². The highest BCUT2D eigenvalue weighted by Crippen LogP contribution is 2.16. The van der Waals surface area contributed by atoms with Crippen LogP contribution in [0.2, 0.25) is 0 Å². The van der Waals surface area contributed by atoms with Crippen molar-refractivity contribution < 1.29 is 0 Å². The summed E-state index contributed by atoms with van der Waals surface area (Å²) < 4.78 is 0. The first-order valence-corrected chi connectivity index (χ1v) is 5.89. The van der Waals surface area contributed by atoms with Gasteiger partial charge >= 0.3 is 0 Å². The maximum absolute atomic E-state index is 5.55. The Morgan fingerprint density at radius 2 is 1.93 bits per heavy atom. The SMILES string of the molecule is Cc1ccc(C)c(CCC(C)CCN)c1. The van der Waals surface area contributed by atoms with Crippen LogP contribution in [0.25, 0.3) is 0 Å². The van der Waals surface area contributed by atoms with Gasteiger partial charge in [-0.25, -0.2) is 0 Å². The first-order chi connectivity index (χ1) is 7.13. The average molecular weight is 205 g/mol. The van der Waals surface area contributed by atoms with Crippen molar-refractivity contribution in [3.8, 4) is 0 Å². The van der Waals surface area contributed by atoms with E-state index in [1.54, 1.807) is 0 Å². The van der Waals surface area contributed by atoms with E-state index in [1.165, 1.54) is 29.5 Å². The summed E-state index contributed by atoms with van der Waals surface area (Å²) >= 11 is 0. The fourth-order valence-corrected chi connectivity index (χ4v) is 1.90. The third-order valence-corrected chi connectivity index (χ3v) is 3.07. The molecule has 2 N–H and O–H groups in total. The fraction of sp³-hybridized carbons (Fsp3) is 0.571. The molecule has 1 aromatic rings. The zero-order chi connectivity index (χ0) is 11.3. The highest BCUT2D eigenvalue weighted by Gasteiger charge is 2.03. The van der Waals surface area contributed by atoms with Crippen LogP contribution in [0.1, 0.15) is 36.5 Å². The van der Waals surface area contributed by atoms with Crippen LogP contribution in [0.4, 0.5) is 0 Å². The molecule has 0 aromatic heterocycles. The Balaban J connectivity index is 2.53. The van der Waals surface area contributed by atoms with Crippen LogP contribution >= 0.6 is 0 Å². The summed E-state index contributed by atoms with van der Waals surface area (Å²) in [4.78, 5) is 0. The minimum Gasteiger partial charge on any atom is -0.330 e. The van der Waals surface area contributed by atoms with E-state index in [-0.39, 0.29) is 0 Å². The van der Waals surface area contributed by atoms with Gasteiger partial charge in [0.15, 0.2) is 0 Å². The molecule has 0 aliphatic carbocycles. The predicted molar refractivity (Wildman–Crippen MR) is 67.1 cm³/mol. The molecular weight excluding hydrogens is 182 g/mol. The Labute approximate surface area is 93.7 Å². The van der Waals surface area contributed by atoms with Crippen molar-refractivity contribution >= 4 is 0 Å². The van der Waals surface area contributed by atoms with Crippen LogP contribution < -0.4 is 5.73 Å². The van der Waals surface area contributed by atoms with Crippen molar-refractivity contribution in [3.63, 3.8) is 0 Å². The zero-order valence-electron chi connectivity index (χ0n) is 10.2. The maximum Gasteiger partial charge on any atom is -0.00747 e. The molecule has 0 saturated carbocycles. The Hall–Kier alpha value is -0.820. The van der Waals surface area contributed by atoms with E-state index in [0.29, 0.717) is 0 Å². The molecule has 15 heavy (non-hydrogen) atoms. The van der Waals surface area contributed by atoms with Gasteiger partial charge < -0.3 is 5.73 Å². The molecule has 0 amide bonds. The molecule has 1 atom stereocenters. The van der Waals surface area contributed by atoms with Gasteiger partial charge in [-0.2, -0.15) is 0 Å². The molecule has 0 bridgehead atoms. The minimum atomic E-state index is 0.745. The number of benzene rings is 1. The summed E-state index contributed by atoms with van der Waals surface area (Å²) in [6.45, 7) is 7.46. The van der Waals surface area contributed by atoms with E-state index in [9.17, 15) is 0 Å². The zero-order valence-corrected chi connectivity index (χ0v) is 10.2. The van der Waals surface area contributed by atoms with Crippen LogP contribution in [-0.2, 0) is 6.42 Å². The average Bonchev–Trinajstić information content (AvgIpc) is 2.20. The summed E-state index contributed by atoms with van der Waals surface area (Å²) in [6, 6.07) is 6.71. The summed E-state index contributed by atoms with van der Waals surface area (Å²) in [5, 5.41) is 0. The summed E-state index contributed by atoms with van der Waals surface area (Å²) in [5.74, 6) is 0.745. The van der Waals surface area contributed by atoms with Gasteiger partial charge in [-0.3, -0.25) is 0 Å². The Bertz CT molecular complexity index is 304. The molecule has 1 unspecified atom stereocenters. The second kappa shape index (κ2) is 5.92. The lowest BCUT2D eigenvalue weighted by Gasteiger charge is -2.11. The van der Waals surface area contributed by atoms with E-state index >= 15 is 0 Å². The number of nitrogens with two attached hydrogens (primary N) is 1. The highest BCUT2D eigenvalue weighted by atomic mass is 14.5. The first-order valence-electron chi connectivity index (χ1n) is 5.89. The molecule has 0 heterocycles. The van der Waals surface area contributed by atoms with Gasteiger partial charge in [0.25, 0.3) is 0 Å². The predicted octanol–water partition coefficient (Wildman–Crippen LogP) is 3.22. The molecule has 0 aliphatic heterocycles. The summed E-state index contributed by atoms with van der Waals surface area (Å²) in [5.41, 5.74) is 9.83. The monoisotopic (exact) mass is 205 g/mol. The second-order valence-electron chi connectivity index (χ2n) is 4.65. The van der Waals surface area contributed by atoms with Crippen LogP contribution in [0.5, 0.6) is 0 Å². The third kappa shape index (κ3) is 4.05. The standard InChI is InChI=1S/C14H23N/c1-11(8-9-15)5-7-14-10-12(2)4-6-13(14)3/h4,6,10-11H,5,7-9,15H2,1-3H3. The Morgan fingerprint density at radius 1 is 1.20 bits per heavy atom. The molecule has 84 valence electrons. The maximum atomic E-state index is 5.55. The smallest absolute Gasteiger partial charge is 0.00747 e. The van der Waals surface area contributed by atoms with Gasteiger partial charge in [0.2, 0.25) is 0 Å². The molecule has 1 nitrogen and oxygen atoms in total. The Morgan fingerprint density at radius 3 is 2.60 bits per heavy atom. The number of rotatable bonds is 5. The molecule has 1 rings (SSSR count). The molecule has 0 fully saturated rings. The van der Waals surface area contributed by atoms with Crippen molar-refractivity contribution in [2.24, 2.45) is 11.7 Å². The lowest BCUT2D eigenvalue weighted by molar-refractivity contribution is 0.499. The summed E-state index contributed by atoms with van der Waals surface area (Å²) in [6.07, 6.45) is 3.58. The highest BCUT2D eigenvalue weighted by molar-refractivity contribution is 5.30. The van der Waals surface area contributed by atoms with Gasteiger partial charge in [-0.05, 0) is 56.7 Å². The largest absolute Gasteiger partial charge is 0.330 e. The Kier molecular flexibility index (Phi) is 4.83. The topological polar surface area (TPSA) is 26.0 Å². The summed E-state index contributed by atoms with van der Waals surface area (Å²) in [7, 11) is 0. The number of hydrogen-bond acceptors (Lipinski definition) is 1.